The van der Waals surface area contributed by atoms with Gasteiger partial charge in [-0.3, -0.25) is 4.79 Å². The Bertz CT molecular complexity index is 561. The smallest absolute Gasteiger partial charge is 0.273 e. The van der Waals surface area contributed by atoms with Gasteiger partial charge < -0.3 is 10.0 Å². The van der Waals surface area contributed by atoms with Crippen LogP contribution >= 0.6 is 11.3 Å². The molecule has 1 saturated heterocycles. The number of β-amino-alcohol motifs (C(OH)–C–C–N with tert-alkyl or cyclic N) is 1. The first-order valence-electron chi connectivity index (χ1n) is 5.72. The summed E-state index contributed by atoms with van der Waals surface area (Å²) in [4.78, 5) is 17.9. The van der Waals surface area contributed by atoms with Gasteiger partial charge in [-0.05, 0) is 0 Å². The summed E-state index contributed by atoms with van der Waals surface area (Å²) >= 11 is 1.46. The monoisotopic (exact) mass is 260 g/mol. The van der Waals surface area contributed by atoms with Crippen LogP contribution in [0.25, 0.3) is 10.6 Å². The van der Waals surface area contributed by atoms with Gasteiger partial charge in [-0.2, -0.15) is 0 Å². The summed E-state index contributed by atoms with van der Waals surface area (Å²) in [7, 11) is 0. The Morgan fingerprint density at radius 3 is 2.72 bits per heavy atom. The third-order valence-electron chi connectivity index (χ3n) is 2.89. The van der Waals surface area contributed by atoms with Crippen LogP contribution in [0.2, 0.25) is 0 Å². The maximum Gasteiger partial charge on any atom is 0.273 e. The molecule has 1 amide bonds. The van der Waals surface area contributed by atoms with E-state index >= 15 is 0 Å². The number of aliphatic hydroxyl groups is 1. The van der Waals surface area contributed by atoms with Crippen molar-refractivity contribution in [2.24, 2.45) is 0 Å². The van der Waals surface area contributed by atoms with Crippen LogP contribution in [0.5, 0.6) is 0 Å². The first-order valence-corrected chi connectivity index (χ1v) is 6.60. The van der Waals surface area contributed by atoms with Gasteiger partial charge in [-0.15, -0.1) is 11.3 Å². The van der Waals surface area contributed by atoms with Crippen LogP contribution in [0.15, 0.2) is 35.7 Å². The fourth-order valence-electron chi connectivity index (χ4n) is 1.87. The molecule has 0 saturated carbocycles. The predicted molar refractivity (Wildman–Crippen MR) is 69.5 cm³/mol. The minimum atomic E-state index is -0.374. The van der Waals surface area contributed by atoms with Crippen molar-refractivity contribution >= 4 is 17.2 Å². The quantitative estimate of drug-likeness (QED) is 0.893. The molecular weight excluding hydrogens is 248 g/mol. The number of thiazole rings is 1. The number of aromatic nitrogens is 1. The maximum absolute atomic E-state index is 12.0. The average molecular weight is 260 g/mol. The molecule has 1 aromatic heterocycles. The number of aliphatic hydroxyl groups excluding tert-OH is 1. The van der Waals surface area contributed by atoms with Gasteiger partial charge in [0.1, 0.15) is 10.7 Å². The molecule has 1 fully saturated rings. The van der Waals surface area contributed by atoms with Gasteiger partial charge in [-0.1, -0.05) is 30.3 Å². The van der Waals surface area contributed by atoms with Crippen molar-refractivity contribution in [3.8, 4) is 10.6 Å². The van der Waals surface area contributed by atoms with E-state index in [-0.39, 0.29) is 12.0 Å². The topological polar surface area (TPSA) is 53.4 Å². The molecule has 0 bridgehead atoms. The molecule has 2 aromatic rings. The van der Waals surface area contributed by atoms with Crippen molar-refractivity contribution in [2.75, 3.05) is 13.1 Å². The van der Waals surface area contributed by atoms with Gasteiger partial charge in [0.2, 0.25) is 0 Å². The standard InChI is InChI=1S/C13H12N2O2S/c16-10-6-15(7-10)13(17)11-8-18-12(14-11)9-4-2-1-3-5-9/h1-5,8,10,16H,6-7H2. The third-order valence-corrected chi connectivity index (χ3v) is 3.78. The van der Waals surface area contributed by atoms with Crippen LogP contribution in [0.3, 0.4) is 0 Å². The van der Waals surface area contributed by atoms with Crippen molar-refractivity contribution in [1.82, 2.24) is 9.88 Å². The SMILES string of the molecule is O=C(c1csc(-c2ccccc2)n1)N1CC(O)C1. The lowest BCUT2D eigenvalue weighted by Crippen LogP contribution is -2.53. The van der Waals surface area contributed by atoms with Crippen LogP contribution in [0.1, 0.15) is 10.5 Å². The molecule has 0 unspecified atom stereocenters. The molecule has 18 heavy (non-hydrogen) atoms. The molecule has 1 aliphatic rings. The minimum absolute atomic E-state index is 0.0984. The van der Waals surface area contributed by atoms with E-state index in [0.29, 0.717) is 18.8 Å². The number of carbonyl (C=O) groups excluding carboxylic acids is 1. The lowest BCUT2D eigenvalue weighted by atomic mass is 10.1. The molecule has 1 aromatic carbocycles. The number of rotatable bonds is 2. The Balaban J connectivity index is 1.80. The summed E-state index contributed by atoms with van der Waals surface area (Å²) in [5.41, 5.74) is 1.48. The number of hydrogen-bond donors (Lipinski definition) is 1. The largest absolute Gasteiger partial charge is 0.389 e. The molecular formula is C13H12N2O2S. The van der Waals surface area contributed by atoms with Gasteiger partial charge >= 0.3 is 0 Å². The van der Waals surface area contributed by atoms with Crippen molar-refractivity contribution in [1.29, 1.82) is 0 Å². The highest BCUT2D eigenvalue weighted by atomic mass is 32.1. The van der Waals surface area contributed by atoms with Crippen LogP contribution in [0, 0.1) is 0 Å². The first kappa shape index (κ1) is 11.4. The van der Waals surface area contributed by atoms with Gasteiger partial charge in [-0.25, -0.2) is 4.98 Å². The number of carbonyl (C=O) groups is 1. The van der Waals surface area contributed by atoms with Crippen LogP contribution < -0.4 is 0 Å². The fraction of sp³-hybridized carbons (Fsp3) is 0.231. The Morgan fingerprint density at radius 2 is 2.06 bits per heavy atom. The first-order chi connectivity index (χ1) is 8.74. The van der Waals surface area contributed by atoms with Gasteiger partial charge in [0.15, 0.2) is 0 Å². The Morgan fingerprint density at radius 1 is 1.33 bits per heavy atom. The molecule has 0 atom stereocenters. The Hall–Kier alpha value is -1.72. The second-order valence-corrected chi connectivity index (χ2v) is 5.13. The van der Waals surface area contributed by atoms with Crippen molar-refractivity contribution in [3.63, 3.8) is 0 Å². The number of benzene rings is 1. The highest BCUT2D eigenvalue weighted by molar-refractivity contribution is 7.13. The normalized spacial score (nSPS) is 15.5. The van der Waals surface area contributed by atoms with Crippen molar-refractivity contribution in [3.05, 3.63) is 41.4 Å². The molecule has 1 aliphatic heterocycles. The number of hydrogen-bond acceptors (Lipinski definition) is 4. The summed E-state index contributed by atoms with van der Waals surface area (Å²) in [6, 6.07) is 9.79. The van der Waals surface area contributed by atoms with E-state index in [1.165, 1.54) is 11.3 Å². The lowest BCUT2D eigenvalue weighted by molar-refractivity contribution is 0.00556. The molecule has 5 heteroatoms. The van der Waals surface area contributed by atoms with Crippen LogP contribution in [0.4, 0.5) is 0 Å². The third kappa shape index (κ3) is 2.02. The molecule has 92 valence electrons. The number of nitrogens with zero attached hydrogens (tertiary/aromatic N) is 2. The zero-order valence-electron chi connectivity index (χ0n) is 9.61. The van der Waals surface area contributed by atoms with E-state index in [9.17, 15) is 9.90 Å². The zero-order valence-corrected chi connectivity index (χ0v) is 10.4. The number of amides is 1. The Kier molecular flexibility index (Phi) is 2.85. The van der Waals surface area contributed by atoms with E-state index in [0.717, 1.165) is 10.6 Å². The van der Waals surface area contributed by atoms with Gasteiger partial charge in [0, 0.05) is 24.0 Å². The molecule has 1 N–H and O–H groups in total. The van der Waals surface area contributed by atoms with Crippen molar-refractivity contribution in [2.45, 2.75) is 6.10 Å². The lowest BCUT2D eigenvalue weighted by Gasteiger charge is -2.35. The molecule has 0 spiro atoms. The molecule has 0 aliphatic carbocycles. The minimum Gasteiger partial charge on any atom is -0.389 e. The average Bonchev–Trinajstić information content (AvgIpc) is 2.85. The predicted octanol–water partition coefficient (Wildman–Crippen LogP) is 1.63. The summed E-state index contributed by atoms with van der Waals surface area (Å²) < 4.78 is 0. The highest BCUT2D eigenvalue weighted by Gasteiger charge is 2.30. The molecule has 3 rings (SSSR count). The number of likely N-dealkylation sites (tertiary alicyclic amines) is 1. The Labute approximate surface area is 109 Å². The van der Waals surface area contributed by atoms with E-state index < -0.39 is 0 Å². The van der Waals surface area contributed by atoms with Gasteiger partial charge in [0.25, 0.3) is 5.91 Å². The zero-order chi connectivity index (χ0) is 12.5. The maximum atomic E-state index is 12.0. The van der Waals surface area contributed by atoms with Crippen LogP contribution in [-0.2, 0) is 0 Å². The second-order valence-electron chi connectivity index (χ2n) is 4.27. The summed E-state index contributed by atoms with van der Waals surface area (Å²) in [6.07, 6.45) is -0.374. The fourth-order valence-corrected chi connectivity index (χ4v) is 2.67. The molecule has 4 nitrogen and oxygen atoms in total. The van der Waals surface area contributed by atoms with E-state index in [4.69, 9.17) is 0 Å². The highest BCUT2D eigenvalue weighted by Crippen LogP contribution is 2.24. The van der Waals surface area contributed by atoms with Crippen molar-refractivity contribution < 1.29 is 9.90 Å². The van der Waals surface area contributed by atoms with E-state index in [2.05, 4.69) is 4.98 Å². The van der Waals surface area contributed by atoms with Crippen LogP contribution in [-0.4, -0.2) is 40.1 Å². The summed E-state index contributed by atoms with van der Waals surface area (Å²) in [5.74, 6) is -0.0984. The van der Waals surface area contributed by atoms with Gasteiger partial charge in [0.05, 0.1) is 6.10 Å². The van der Waals surface area contributed by atoms with E-state index in [1.807, 2.05) is 30.3 Å². The molecule has 2 heterocycles. The van der Waals surface area contributed by atoms with E-state index in [1.54, 1.807) is 10.3 Å². The summed E-state index contributed by atoms with van der Waals surface area (Å²) in [6.45, 7) is 0.827. The second kappa shape index (κ2) is 4.51. The molecule has 0 radical (unpaired) electrons. The summed E-state index contributed by atoms with van der Waals surface area (Å²) in [5, 5.41) is 11.8.